The zero-order valence-corrected chi connectivity index (χ0v) is 11.0. The summed E-state index contributed by atoms with van der Waals surface area (Å²) in [5.74, 6) is 1.49. The normalized spacial score (nSPS) is 10.1. The standard InChI is InChI=1S/C15H22O3/c1-3-5-6-10-18-15-11-14(17-9-4-2)8-7-13(15)12-16/h3,7-8,11,16H,1,4-6,9-10,12H2,2H3. The van der Waals surface area contributed by atoms with Crippen molar-refractivity contribution in [2.24, 2.45) is 0 Å². The maximum Gasteiger partial charge on any atom is 0.128 e. The van der Waals surface area contributed by atoms with Crippen molar-refractivity contribution in [1.82, 2.24) is 0 Å². The van der Waals surface area contributed by atoms with Crippen molar-refractivity contribution >= 4 is 0 Å². The van der Waals surface area contributed by atoms with Crippen LogP contribution in [0.5, 0.6) is 11.5 Å². The number of hydrogen-bond donors (Lipinski definition) is 1. The molecule has 18 heavy (non-hydrogen) atoms. The van der Waals surface area contributed by atoms with Crippen LogP contribution in [0.4, 0.5) is 0 Å². The molecule has 0 amide bonds. The van der Waals surface area contributed by atoms with Crippen LogP contribution in [0.25, 0.3) is 0 Å². The second kappa shape index (κ2) is 8.59. The minimum Gasteiger partial charge on any atom is -0.493 e. The number of unbranched alkanes of at least 4 members (excludes halogenated alkanes) is 1. The van der Waals surface area contributed by atoms with Crippen LogP contribution in [0.3, 0.4) is 0 Å². The number of allylic oxidation sites excluding steroid dienone is 1. The van der Waals surface area contributed by atoms with Crippen LogP contribution in [-0.2, 0) is 6.61 Å². The average molecular weight is 250 g/mol. The number of ether oxygens (including phenoxy) is 2. The molecule has 1 N–H and O–H groups in total. The Labute approximate surface area is 109 Å². The molecule has 1 aromatic carbocycles. The number of aliphatic hydroxyl groups is 1. The second-order valence-corrected chi connectivity index (χ2v) is 4.06. The first-order valence-corrected chi connectivity index (χ1v) is 6.42. The Morgan fingerprint density at radius 1 is 1.28 bits per heavy atom. The van der Waals surface area contributed by atoms with Crippen LogP contribution >= 0.6 is 0 Å². The molecule has 0 spiro atoms. The summed E-state index contributed by atoms with van der Waals surface area (Å²) in [6.45, 7) is 7.02. The number of rotatable bonds is 9. The highest BCUT2D eigenvalue weighted by atomic mass is 16.5. The van der Waals surface area contributed by atoms with Gasteiger partial charge in [-0.15, -0.1) is 6.58 Å². The summed E-state index contributed by atoms with van der Waals surface area (Å²) in [6, 6.07) is 5.54. The van der Waals surface area contributed by atoms with Crippen LogP contribution < -0.4 is 9.47 Å². The topological polar surface area (TPSA) is 38.7 Å². The molecule has 0 aromatic heterocycles. The molecule has 1 rings (SSSR count). The molecule has 0 atom stereocenters. The molecule has 0 unspecified atom stereocenters. The maximum atomic E-state index is 9.25. The van der Waals surface area contributed by atoms with E-state index >= 15 is 0 Å². The fourth-order valence-corrected chi connectivity index (χ4v) is 1.52. The van der Waals surface area contributed by atoms with Crippen molar-refractivity contribution in [2.75, 3.05) is 13.2 Å². The summed E-state index contributed by atoms with van der Waals surface area (Å²) < 4.78 is 11.2. The molecule has 0 aliphatic carbocycles. The van der Waals surface area contributed by atoms with E-state index in [1.54, 1.807) is 0 Å². The van der Waals surface area contributed by atoms with Crippen molar-refractivity contribution < 1.29 is 14.6 Å². The van der Waals surface area contributed by atoms with Gasteiger partial charge in [-0.2, -0.15) is 0 Å². The molecule has 0 saturated carbocycles. The smallest absolute Gasteiger partial charge is 0.128 e. The van der Waals surface area contributed by atoms with E-state index in [4.69, 9.17) is 9.47 Å². The Morgan fingerprint density at radius 3 is 2.78 bits per heavy atom. The van der Waals surface area contributed by atoms with Gasteiger partial charge in [0.15, 0.2) is 0 Å². The summed E-state index contributed by atoms with van der Waals surface area (Å²) in [5.41, 5.74) is 0.789. The molecule has 100 valence electrons. The fourth-order valence-electron chi connectivity index (χ4n) is 1.52. The number of aliphatic hydroxyl groups excluding tert-OH is 1. The van der Waals surface area contributed by atoms with Gasteiger partial charge < -0.3 is 14.6 Å². The third-order valence-electron chi connectivity index (χ3n) is 2.49. The minimum absolute atomic E-state index is 0.0230. The van der Waals surface area contributed by atoms with Gasteiger partial charge in [0, 0.05) is 11.6 Å². The lowest BCUT2D eigenvalue weighted by molar-refractivity contribution is 0.259. The first-order chi connectivity index (χ1) is 8.81. The van der Waals surface area contributed by atoms with Gasteiger partial charge in [0.1, 0.15) is 11.5 Å². The summed E-state index contributed by atoms with van der Waals surface area (Å²) in [4.78, 5) is 0. The molecule has 3 nitrogen and oxygen atoms in total. The summed E-state index contributed by atoms with van der Waals surface area (Å²) >= 11 is 0. The van der Waals surface area contributed by atoms with Gasteiger partial charge >= 0.3 is 0 Å². The van der Waals surface area contributed by atoms with E-state index in [0.717, 1.165) is 30.6 Å². The fraction of sp³-hybridized carbons (Fsp3) is 0.467. The molecule has 3 heteroatoms. The molecule has 0 radical (unpaired) electrons. The molecule has 0 heterocycles. The van der Waals surface area contributed by atoms with Gasteiger partial charge in [0.2, 0.25) is 0 Å². The minimum atomic E-state index is -0.0230. The Bertz CT molecular complexity index is 361. The zero-order valence-electron chi connectivity index (χ0n) is 11.0. The SMILES string of the molecule is C=CCCCOc1cc(OCCC)ccc1CO. The predicted octanol–water partition coefficient (Wildman–Crippen LogP) is 3.31. The van der Waals surface area contributed by atoms with Crippen molar-refractivity contribution in [3.63, 3.8) is 0 Å². The summed E-state index contributed by atoms with van der Waals surface area (Å²) in [6.07, 6.45) is 4.70. The first-order valence-electron chi connectivity index (χ1n) is 6.42. The van der Waals surface area contributed by atoms with Crippen molar-refractivity contribution in [2.45, 2.75) is 32.8 Å². The van der Waals surface area contributed by atoms with E-state index in [9.17, 15) is 5.11 Å². The first kappa shape index (κ1) is 14.6. The van der Waals surface area contributed by atoms with Crippen LogP contribution in [0.15, 0.2) is 30.9 Å². The highest BCUT2D eigenvalue weighted by Gasteiger charge is 2.05. The van der Waals surface area contributed by atoms with E-state index in [1.807, 2.05) is 24.3 Å². The van der Waals surface area contributed by atoms with E-state index in [0.29, 0.717) is 19.0 Å². The molecule has 0 bridgehead atoms. The second-order valence-electron chi connectivity index (χ2n) is 4.06. The monoisotopic (exact) mass is 250 g/mol. The lowest BCUT2D eigenvalue weighted by Crippen LogP contribution is -2.01. The summed E-state index contributed by atoms with van der Waals surface area (Å²) in [7, 11) is 0. The molecule has 0 aliphatic heterocycles. The van der Waals surface area contributed by atoms with Gasteiger partial charge in [-0.25, -0.2) is 0 Å². The van der Waals surface area contributed by atoms with Gasteiger partial charge in [-0.05, 0) is 31.4 Å². The number of hydrogen-bond acceptors (Lipinski definition) is 3. The Kier molecular flexibility index (Phi) is 6.96. The predicted molar refractivity (Wildman–Crippen MR) is 73.1 cm³/mol. The molecule has 0 fully saturated rings. The summed E-state index contributed by atoms with van der Waals surface area (Å²) in [5, 5.41) is 9.25. The van der Waals surface area contributed by atoms with Gasteiger partial charge in [-0.3, -0.25) is 0 Å². The van der Waals surface area contributed by atoms with Crippen molar-refractivity contribution in [1.29, 1.82) is 0 Å². The van der Waals surface area contributed by atoms with Crippen LogP contribution in [-0.4, -0.2) is 18.3 Å². The van der Waals surface area contributed by atoms with Crippen LogP contribution in [0, 0.1) is 0 Å². The number of benzene rings is 1. The molecular weight excluding hydrogens is 228 g/mol. The molecule has 0 saturated heterocycles. The van der Waals surface area contributed by atoms with Crippen molar-refractivity contribution in [3.05, 3.63) is 36.4 Å². The Morgan fingerprint density at radius 2 is 2.11 bits per heavy atom. The van der Waals surface area contributed by atoms with Crippen LogP contribution in [0.2, 0.25) is 0 Å². The highest BCUT2D eigenvalue weighted by molar-refractivity contribution is 5.40. The van der Waals surface area contributed by atoms with Crippen molar-refractivity contribution in [3.8, 4) is 11.5 Å². The van der Waals surface area contributed by atoms with E-state index in [2.05, 4.69) is 13.5 Å². The van der Waals surface area contributed by atoms with Gasteiger partial charge in [0.05, 0.1) is 19.8 Å². The average Bonchev–Trinajstić information content (AvgIpc) is 2.41. The lowest BCUT2D eigenvalue weighted by Gasteiger charge is -2.12. The maximum absolute atomic E-state index is 9.25. The largest absolute Gasteiger partial charge is 0.493 e. The lowest BCUT2D eigenvalue weighted by atomic mass is 10.2. The molecular formula is C15H22O3. The van der Waals surface area contributed by atoms with E-state index in [-0.39, 0.29) is 6.61 Å². The molecule has 1 aromatic rings. The molecule has 0 aliphatic rings. The van der Waals surface area contributed by atoms with Gasteiger partial charge in [0.25, 0.3) is 0 Å². The highest BCUT2D eigenvalue weighted by Crippen LogP contribution is 2.25. The third-order valence-corrected chi connectivity index (χ3v) is 2.49. The quantitative estimate of drug-likeness (QED) is 0.540. The van der Waals surface area contributed by atoms with Crippen LogP contribution in [0.1, 0.15) is 31.7 Å². The van der Waals surface area contributed by atoms with E-state index in [1.165, 1.54) is 0 Å². The van der Waals surface area contributed by atoms with E-state index < -0.39 is 0 Å². The zero-order chi connectivity index (χ0) is 13.2. The Hall–Kier alpha value is -1.48. The Balaban J connectivity index is 2.62. The third kappa shape index (κ3) is 4.80. The van der Waals surface area contributed by atoms with Gasteiger partial charge in [-0.1, -0.05) is 13.0 Å².